The van der Waals surface area contributed by atoms with Gasteiger partial charge in [-0.05, 0) is 55.0 Å². The fourth-order valence-electron chi connectivity index (χ4n) is 3.59. The lowest BCUT2D eigenvalue weighted by atomic mass is 9.98. The van der Waals surface area contributed by atoms with E-state index >= 15 is 0 Å². The smallest absolute Gasteiger partial charge is 0.140 e. The van der Waals surface area contributed by atoms with Crippen molar-refractivity contribution in [3.8, 4) is 11.4 Å². The highest BCUT2D eigenvalue weighted by Gasteiger charge is 2.22. The van der Waals surface area contributed by atoms with E-state index in [1.54, 1.807) is 0 Å². The van der Waals surface area contributed by atoms with Gasteiger partial charge in [-0.25, -0.2) is 9.97 Å². The molecule has 1 aromatic carbocycles. The molecule has 0 radical (unpaired) electrons. The molecule has 0 bridgehead atoms. The van der Waals surface area contributed by atoms with Gasteiger partial charge in [0.15, 0.2) is 0 Å². The largest absolute Gasteiger partial charge is 0.378 e. The summed E-state index contributed by atoms with van der Waals surface area (Å²) in [6.45, 7) is 11.6. The molecule has 0 amide bonds. The van der Waals surface area contributed by atoms with Gasteiger partial charge in [0.25, 0.3) is 0 Å². The third kappa shape index (κ3) is 4.36. The molecule has 28 heavy (non-hydrogen) atoms. The van der Waals surface area contributed by atoms with Crippen LogP contribution in [0.5, 0.6) is 0 Å². The number of hydrogen-bond donors (Lipinski definition) is 1. The van der Waals surface area contributed by atoms with Crippen LogP contribution in [-0.2, 0) is 4.74 Å². The number of nitrogens with one attached hydrogen (secondary N) is 1. The number of aromatic nitrogens is 3. The zero-order valence-corrected chi connectivity index (χ0v) is 17.3. The molecule has 0 atom stereocenters. The first-order valence-corrected chi connectivity index (χ1v) is 10.2. The molecule has 4 rings (SSSR count). The summed E-state index contributed by atoms with van der Waals surface area (Å²) in [6.07, 6.45) is 4.40. The predicted octanol–water partition coefficient (Wildman–Crippen LogP) is 4.96. The van der Waals surface area contributed by atoms with Gasteiger partial charge >= 0.3 is 0 Å². The molecule has 1 aliphatic heterocycles. The van der Waals surface area contributed by atoms with Crippen molar-refractivity contribution in [3.63, 3.8) is 0 Å². The molecule has 0 spiro atoms. The van der Waals surface area contributed by atoms with Gasteiger partial charge in [-0.15, -0.1) is 0 Å². The number of pyridine rings is 1. The van der Waals surface area contributed by atoms with Crippen molar-refractivity contribution in [3.05, 3.63) is 42.1 Å². The summed E-state index contributed by atoms with van der Waals surface area (Å²) in [6, 6.07) is 10.5. The predicted molar refractivity (Wildman–Crippen MR) is 115 cm³/mol. The molecule has 1 aliphatic rings. The molecule has 148 valence electrons. The molecule has 1 N–H and O–H groups in total. The molecule has 0 unspecified atom stereocenters. The van der Waals surface area contributed by atoms with Crippen LogP contribution >= 0.6 is 0 Å². The topological polar surface area (TPSA) is 54.0 Å². The van der Waals surface area contributed by atoms with Crippen LogP contribution in [0.1, 0.15) is 39.2 Å². The number of imidazole rings is 1. The molecule has 5 heteroatoms. The van der Waals surface area contributed by atoms with Gasteiger partial charge in [0.1, 0.15) is 11.6 Å². The summed E-state index contributed by atoms with van der Waals surface area (Å²) in [4.78, 5) is 15.1. The maximum absolute atomic E-state index is 6.09. The number of anilines is 1. The Bertz CT molecular complexity index is 931. The van der Waals surface area contributed by atoms with E-state index in [-0.39, 0.29) is 5.41 Å². The summed E-state index contributed by atoms with van der Waals surface area (Å²) >= 11 is 0. The van der Waals surface area contributed by atoms with E-state index in [1.807, 2.05) is 6.20 Å². The van der Waals surface area contributed by atoms with E-state index in [9.17, 15) is 0 Å². The van der Waals surface area contributed by atoms with Gasteiger partial charge in [-0.2, -0.15) is 0 Å². The average molecular weight is 379 g/mol. The third-order valence-corrected chi connectivity index (χ3v) is 5.18. The Hall–Kier alpha value is -2.40. The summed E-state index contributed by atoms with van der Waals surface area (Å²) in [5.41, 5.74) is 4.52. The van der Waals surface area contributed by atoms with Crippen LogP contribution in [0.3, 0.4) is 0 Å². The zero-order chi connectivity index (χ0) is 19.7. The summed E-state index contributed by atoms with van der Waals surface area (Å²) < 4.78 is 6.09. The van der Waals surface area contributed by atoms with E-state index in [1.165, 1.54) is 5.56 Å². The SMILES string of the molecule is Cc1ccc2nc(-c3ccc(N4CCC(OCC(C)(C)C)CC4)nc3)[nH]c2c1. The van der Waals surface area contributed by atoms with E-state index in [0.717, 1.165) is 60.8 Å². The number of aryl methyl sites for hydroxylation is 1. The van der Waals surface area contributed by atoms with E-state index < -0.39 is 0 Å². The standard InChI is InChI=1S/C23H30N4O/c1-16-5-7-19-20(13-16)26-22(25-19)17-6-8-21(24-14-17)27-11-9-18(10-12-27)28-15-23(2,3)4/h5-8,13-14,18H,9-12,15H2,1-4H3,(H,25,26). The summed E-state index contributed by atoms with van der Waals surface area (Å²) in [7, 11) is 0. The Kier molecular flexibility index (Phi) is 5.11. The molecule has 1 saturated heterocycles. The minimum atomic E-state index is 0.226. The van der Waals surface area contributed by atoms with Crippen molar-refractivity contribution >= 4 is 16.9 Å². The van der Waals surface area contributed by atoms with E-state index in [2.05, 4.69) is 67.9 Å². The maximum atomic E-state index is 6.09. The zero-order valence-electron chi connectivity index (χ0n) is 17.3. The number of nitrogens with zero attached hydrogens (tertiary/aromatic N) is 3. The van der Waals surface area contributed by atoms with Crippen LogP contribution in [0.15, 0.2) is 36.5 Å². The molecule has 0 saturated carbocycles. The number of ether oxygens (including phenoxy) is 1. The highest BCUT2D eigenvalue weighted by atomic mass is 16.5. The first kappa shape index (κ1) is 18.9. The maximum Gasteiger partial charge on any atom is 0.140 e. The Balaban J connectivity index is 1.39. The van der Waals surface area contributed by atoms with Crippen molar-refractivity contribution in [1.82, 2.24) is 15.0 Å². The second kappa shape index (κ2) is 7.55. The van der Waals surface area contributed by atoms with Crippen molar-refractivity contribution < 1.29 is 4.74 Å². The molecule has 2 aromatic heterocycles. The number of fused-ring (bicyclic) bond motifs is 1. The fraction of sp³-hybridized carbons (Fsp3) is 0.478. The number of rotatable bonds is 4. The number of aromatic amines is 1. The van der Waals surface area contributed by atoms with Crippen molar-refractivity contribution in [2.24, 2.45) is 5.41 Å². The minimum Gasteiger partial charge on any atom is -0.378 e. The van der Waals surface area contributed by atoms with Crippen molar-refractivity contribution in [2.75, 3.05) is 24.6 Å². The first-order valence-electron chi connectivity index (χ1n) is 10.2. The number of piperidine rings is 1. The van der Waals surface area contributed by atoms with Crippen molar-refractivity contribution in [2.45, 2.75) is 46.6 Å². The molecular formula is C23H30N4O. The number of benzene rings is 1. The number of hydrogen-bond acceptors (Lipinski definition) is 4. The van der Waals surface area contributed by atoms with Gasteiger partial charge < -0.3 is 14.6 Å². The van der Waals surface area contributed by atoms with Gasteiger partial charge in [0.05, 0.1) is 23.7 Å². The normalized spacial score (nSPS) is 16.1. The summed E-state index contributed by atoms with van der Waals surface area (Å²) in [5, 5.41) is 0. The minimum absolute atomic E-state index is 0.226. The van der Waals surface area contributed by atoms with Crippen LogP contribution in [-0.4, -0.2) is 40.8 Å². The van der Waals surface area contributed by atoms with Crippen molar-refractivity contribution in [1.29, 1.82) is 0 Å². The number of H-pyrrole nitrogens is 1. The Labute approximate surface area is 167 Å². The second-order valence-corrected chi connectivity index (χ2v) is 9.07. The molecular weight excluding hydrogens is 348 g/mol. The Morgan fingerprint density at radius 1 is 1.14 bits per heavy atom. The lowest BCUT2D eigenvalue weighted by molar-refractivity contribution is -0.00314. The third-order valence-electron chi connectivity index (χ3n) is 5.18. The van der Waals surface area contributed by atoms with Crippen LogP contribution in [0.2, 0.25) is 0 Å². The van der Waals surface area contributed by atoms with Crippen LogP contribution < -0.4 is 4.90 Å². The Morgan fingerprint density at radius 3 is 2.61 bits per heavy atom. The monoisotopic (exact) mass is 378 g/mol. The van der Waals surface area contributed by atoms with Crippen LogP contribution in [0.4, 0.5) is 5.82 Å². The Morgan fingerprint density at radius 2 is 1.93 bits per heavy atom. The van der Waals surface area contributed by atoms with E-state index in [0.29, 0.717) is 6.10 Å². The van der Waals surface area contributed by atoms with Gasteiger partial charge in [-0.1, -0.05) is 26.8 Å². The van der Waals surface area contributed by atoms with Gasteiger partial charge in [0.2, 0.25) is 0 Å². The first-order chi connectivity index (χ1) is 13.4. The van der Waals surface area contributed by atoms with E-state index in [4.69, 9.17) is 14.7 Å². The molecule has 3 aromatic rings. The van der Waals surface area contributed by atoms with Gasteiger partial charge in [-0.3, -0.25) is 0 Å². The van der Waals surface area contributed by atoms with Crippen LogP contribution in [0.25, 0.3) is 22.4 Å². The summed E-state index contributed by atoms with van der Waals surface area (Å²) in [5.74, 6) is 1.90. The average Bonchev–Trinajstić information content (AvgIpc) is 3.09. The molecule has 0 aliphatic carbocycles. The molecule has 3 heterocycles. The lowest BCUT2D eigenvalue weighted by Crippen LogP contribution is -2.38. The fourth-order valence-corrected chi connectivity index (χ4v) is 3.59. The second-order valence-electron chi connectivity index (χ2n) is 9.07. The quantitative estimate of drug-likeness (QED) is 0.697. The highest BCUT2D eigenvalue weighted by Crippen LogP contribution is 2.25. The molecule has 5 nitrogen and oxygen atoms in total. The lowest BCUT2D eigenvalue weighted by Gasteiger charge is -2.34. The highest BCUT2D eigenvalue weighted by molar-refractivity contribution is 5.79. The van der Waals surface area contributed by atoms with Gasteiger partial charge in [0, 0.05) is 24.8 Å². The molecule has 1 fully saturated rings. The van der Waals surface area contributed by atoms with Crippen LogP contribution in [0, 0.1) is 12.3 Å².